The summed E-state index contributed by atoms with van der Waals surface area (Å²) >= 11 is 3.81. The van der Waals surface area contributed by atoms with Crippen molar-refractivity contribution in [1.82, 2.24) is 4.90 Å². The Balaban J connectivity index is 1.79. The third-order valence-corrected chi connectivity index (χ3v) is 2.31. The molecule has 0 unspecified atom stereocenters. The molecule has 0 atom stereocenters. The predicted molar refractivity (Wildman–Crippen MR) is 39.0 cm³/mol. The molecule has 2 rings (SSSR count). The van der Waals surface area contributed by atoms with Crippen molar-refractivity contribution in [3.05, 3.63) is 0 Å². The standard InChI is InChI=1S/C6H10FNOS/c7-6(10)3-8(4-6)5-1-9-2-5/h5,10H,1-4H2. The normalized spacial score (nSPS) is 33.0. The highest BCUT2D eigenvalue weighted by atomic mass is 32.1. The second-order valence-electron chi connectivity index (χ2n) is 3.01. The number of hydrogen-bond acceptors (Lipinski definition) is 3. The molecule has 0 aromatic heterocycles. The predicted octanol–water partition coefficient (Wildman–Crippen LogP) is 0.296. The fourth-order valence-electron chi connectivity index (χ4n) is 1.27. The van der Waals surface area contributed by atoms with Gasteiger partial charge >= 0.3 is 0 Å². The van der Waals surface area contributed by atoms with Gasteiger partial charge in [0.25, 0.3) is 0 Å². The molecule has 58 valence electrons. The van der Waals surface area contributed by atoms with E-state index in [9.17, 15) is 4.39 Å². The summed E-state index contributed by atoms with van der Waals surface area (Å²) in [6, 6.07) is 0.469. The van der Waals surface area contributed by atoms with Crippen molar-refractivity contribution < 1.29 is 9.13 Å². The highest BCUT2D eigenvalue weighted by Crippen LogP contribution is 2.32. The van der Waals surface area contributed by atoms with Crippen LogP contribution in [-0.2, 0) is 4.74 Å². The Morgan fingerprint density at radius 1 is 1.50 bits per heavy atom. The van der Waals surface area contributed by atoms with Crippen LogP contribution in [0, 0.1) is 0 Å². The average Bonchev–Trinajstić information content (AvgIpc) is 1.54. The zero-order valence-corrected chi connectivity index (χ0v) is 6.48. The van der Waals surface area contributed by atoms with Gasteiger partial charge < -0.3 is 4.74 Å². The maximum absolute atomic E-state index is 12.8. The lowest BCUT2D eigenvalue weighted by Crippen LogP contribution is -2.64. The van der Waals surface area contributed by atoms with E-state index < -0.39 is 5.00 Å². The van der Waals surface area contributed by atoms with Crippen LogP contribution in [0.1, 0.15) is 0 Å². The molecule has 0 bridgehead atoms. The number of thiol groups is 1. The van der Waals surface area contributed by atoms with E-state index in [0.717, 1.165) is 13.2 Å². The molecule has 10 heavy (non-hydrogen) atoms. The number of rotatable bonds is 1. The molecular formula is C6H10FNOS. The highest BCUT2D eigenvalue weighted by molar-refractivity contribution is 7.81. The maximum Gasteiger partial charge on any atom is 0.178 e. The van der Waals surface area contributed by atoms with E-state index in [-0.39, 0.29) is 0 Å². The van der Waals surface area contributed by atoms with Crippen molar-refractivity contribution in [2.45, 2.75) is 11.0 Å². The van der Waals surface area contributed by atoms with Crippen LogP contribution in [0.3, 0.4) is 0 Å². The molecule has 2 heterocycles. The van der Waals surface area contributed by atoms with E-state index in [0.29, 0.717) is 19.1 Å². The van der Waals surface area contributed by atoms with E-state index in [4.69, 9.17) is 4.74 Å². The lowest BCUT2D eigenvalue weighted by Gasteiger charge is -2.48. The van der Waals surface area contributed by atoms with Crippen molar-refractivity contribution in [3.63, 3.8) is 0 Å². The number of likely N-dealkylation sites (tertiary alicyclic amines) is 1. The fourth-order valence-corrected chi connectivity index (χ4v) is 1.63. The Hall–Kier alpha value is 0.200. The second kappa shape index (κ2) is 2.09. The molecule has 2 nitrogen and oxygen atoms in total. The molecule has 0 spiro atoms. The third kappa shape index (κ3) is 1.04. The van der Waals surface area contributed by atoms with Crippen LogP contribution in [0.25, 0.3) is 0 Å². The van der Waals surface area contributed by atoms with Gasteiger partial charge in [-0.05, 0) is 0 Å². The summed E-state index contributed by atoms with van der Waals surface area (Å²) in [5, 5.41) is -1.23. The minimum atomic E-state index is -1.23. The molecule has 0 aromatic carbocycles. The Morgan fingerprint density at radius 3 is 2.40 bits per heavy atom. The first-order valence-electron chi connectivity index (χ1n) is 3.40. The molecule has 2 aliphatic heterocycles. The quantitative estimate of drug-likeness (QED) is 0.558. The zero-order valence-electron chi connectivity index (χ0n) is 5.59. The Morgan fingerprint density at radius 2 is 2.10 bits per heavy atom. The van der Waals surface area contributed by atoms with Crippen molar-refractivity contribution in [1.29, 1.82) is 0 Å². The summed E-state index contributed by atoms with van der Waals surface area (Å²) in [6.07, 6.45) is 0. The van der Waals surface area contributed by atoms with Gasteiger partial charge in [0.2, 0.25) is 0 Å². The minimum absolute atomic E-state index is 0.462. The van der Waals surface area contributed by atoms with Gasteiger partial charge in [0.15, 0.2) is 5.00 Å². The van der Waals surface area contributed by atoms with Crippen molar-refractivity contribution in [3.8, 4) is 0 Å². The number of nitrogens with zero attached hydrogens (tertiary/aromatic N) is 1. The van der Waals surface area contributed by atoms with Crippen molar-refractivity contribution in [2.75, 3.05) is 26.3 Å². The summed E-state index contributed by atoms with van der Waals surface area (Å²) in [6.45, 7) is 2.46. The first-order chi connectivity index (χ1) is 4.67. The monoisotopic (exact) mass is 163 g/mol. The minimum Gasteiger partial charge on any atom is -0.378 e. The molecule has 4 heteroatoms. The molecular weight excluding hydrogens is 153 g/mol. The lowest BCUT2D eigenvalue weighted by molar-refractivity contribution is -0.113. The van der Waals surface area contributed by atoms with Crippen LogP contribution < -0.4 is 0 Å². The summed E-state index contributed by atoms with van der Waals surface area (Å²) < 4.78 is 17.7. The van der Waals surface area contributed by atoms with Crippen LogP contribution in [0.4, 0.5) is 4.39 Å². The van der Waals surface area contributed by atoms with E-state index in [2.05, 4.69) is 17.5 Å². The van der Waals surface area contributed by atoms with Gasteiger partial charge in [0.1, 0.15) is 0 Å². The summed E-state index contributed by atoms with van der Waals surface area (Å²) in [5.41, 5.74) is 0. The molecule has 0 aromatic rings. The van der Waals surface area contributed by atoms with Gasteiger partial charge in [-0.15, -0.1) is 12.6 Å². The van der Waals surface area contributed by atoms with E-state index >= 15 is 0 Å². The Kier molecular flexibility index (Phi) is 1.44. The van der Waals surface area contributed by atoms with Crippen LogP contribution in [0.2, 0.25) is 0 Å². The molecule has 0 N–H and O–H groups in total. The van der Waals surface area contributed by atoms with Crippen molar-refractivity contribution in [2.24, 2.45) is 0 Å². The SMILES string of the molecule is FC1(S)CN(C2COC2)C1. The van der Waals surface area contributed by atoms with Gasteiger partial charge in [0, 0.05) is 13.1 Å². The number of halogens is 1. The van der Waals surface area contributed by atoms with Crippen molar-refractivity contribution >= 4 is 12.6 Å². The number of hydrogen-bond donors (Lipinski definition) is 1. The van der Waals surface area contributed by atoms with Gasteiger partial charge in [-0.25, -0.2) is 4.39 Å². The van der Waals surface area contributed by atoms with Crippen LogP contribution in [0.15, 0.2) is 0 Å². The average molecular weight is 163 g/mol. The molecule has 0 aliphatic carbocycles. The maximum atomic E-state index is 12.8. The lowest BCUT2D eigenvalue weighted by atomic mass is 10.1. The van der Waals surface area contributed by atoms with Crippen LogP contribution in [-0.4, -0.2) is 42.2 Å². The molecule has 0 saturated carbocycles. The molecule has 0 amide bonds. The van der Waals surface area contributed by atoms with Crippen LogP contribution in [0.5, 0.6) is 0 Å². The topological polar surface area (TPSA) is 12.5 Å². The van der Waals surface area contributed by atoms with E-state index in [1.54, 1.807) is 0 Å². The van der Waals surface area contributed by atoms with E-state index in [1.807, 2.05) is 0 Å². The molecule has 2 fully saturated rings. The third-order valence-electron chi connectivity index (χ3n) is 2.03. The fraction of sp³-hybridized carbons (Fsp3) is 1.00. The van der Waals surface area contributed by atoms with Gasteiger partial charge in [-0.2, -0.15) is 0 Å². The highest BCUT2D eigenvalue weighted by Gasteiger charge is 2.45. The molecule has 2 aliphatic rings. The summed E-state index contributed by atoms with van der Waals surface area (Å²) in [5.74, 6) is 0. The zero-order chi connectivity index (χ0) is 7.19. The van der Waals surface area contributed by atoms with Gasteiger partial charge in [-0.1, -0.05) is 0 Å². The number of ether oxygens (including phenoxy) is 1. The Bertz CT molecular complexity index is 141. The first-order valence-corrected chi connectivity index (χ1v) is 3.85. The smallest absolute Gasteiger partial charge is 0.178 e. The molecule has 2 saturated heterocycles. The van der Waals surface area contributed by atoms with E-state index in [1.165, 1.54) is 0 Å². The second-order valence-corrected chi connectivity index (χ2v) is 3.82. The summed E-state index contributed by atoms with van der Waals surface area (Å²) in [4.78, 5) is 2.07. The first kappa shape index (κ1) is 6.88. The number of alkyl halides is 1. The van der Waals surface area contributed by atoms with Gasteiger partial charge in [0.05, 0.1) is 19.3 Å². The van der Waals surface area contributed by atoms with Crippen LogP contribution >= 0.6 is 12.6 Å². The molecule has 0 radical (unpaired) electrons. The summed E-state index contributed by atoms with van der Waals surface area (Å²) in [7, 11) is 0. The largest absolute Gasteiger partial charge is 0.378 e. The van der Waals surface area contributed by atoms with Gasteiger partial charge in [-0.3, -0.25) is 4.90 Å². The Labute approximate surface area is 64.7 Å².